The Balaban J connectivity index is 2.56. The van der Waals surface area contributed by atoms with Crippen LogP contribution in [0.25, 0.3) is 0 Å². The van der Waals surface area contributed by atoms with Gasteiger partial charge in [0.25, 0.3) is 5.91 Å². The summed E-state index contributed by atoms with van der Waals surface area (Å²) in [6.07, 6.45) is 2.82. The lowest BCUT2D eigenvalue weighted by molar-refractivity contribution is -0.123. The smallest absolute Gasteiger partial charge is 0.263 e. The minimum atomic E-state index is -0.430. The van der Waals surface area contributed by atoms with Crippen LogP contribution in [-0.4, -0.2) is 42.2 Å². The third kappa shape index (κ3) is 4.79. The maximum absolute atomic E-state index is 11.6. The first-order valence-electron chi connectivity index (χ1n) is 6.08. The quantitative estimate of drug-likeness (QED) is 0.420. The number of piperidine rings is 1. The van der Waals surface area contributed by atoms with E-state index in [0.717, 1.165) is 0 Å². The maximum Gasteiger partial charge on any atom is 0.263 e. The Kier molecular flexibility index (Phi) is 6.16. The molecule has 0 radical (unpaired) electrons. The number of nitrogens with one attached hydrogen (secondary N) is 1. The second-order valence-corrected chi connectivity index (χ2v) is 4.69. The van der Waals surface area contributed by atoms with Crippen LogP contribution in [0.3, 0.4) is 0 Å². The third-order valence-corrected chi connectivity index (χ3v) is 3.18. The summed E-state index contributed by atoms with van der Waals surface area (Å²) in [6.45, 7) is 1.55. The standard InChI is InChI=1S/C12H17ClN4O2/c13-3-4-16-12(19)10(7-14)8-17-5-1-9(2-6-17)11(15)18/h8-9H,1-6H2,(H2,15,18)(H,16,19)/b10-8-. The van der Waals surface area contributed by atoms with E-state index >= 15 is 0 Å². The number of hydrogen-bond acceptors (Lipinski definition) is 4. The number of hydrogen-bond donors (Lipinski definition) is 2. The molecule has 1 rings (SSSR count). The molecule has 2 amide bonds. The number of nitrogens with two attached hydrogens (primary N) is 1. The molecule has 0 aliphatic carbocycles. The summed E-state index contributed by atoms with van der Waals surface area (Å²) in [5.74, 6) is -0.529. The van der Waals surface area contributed by atoms with Crippen molar-refractivity contribution in [2.24, 2.45) is 11.7 Å². The van der Waals surface area contributed by atoms with Crippen molar-refractivity contribution in [2.75, 3.05) is 25.5 Å². The van der Waals surface area contributed by atoms with E-state index in [1.165, 1.54) is 6.20 Å². The molecule has 0 aromatic rings. The molecule has 1 heterocycles. The molecule has 0 spiro atoms. The summed E-state index contributed by atoms with van der Waals surface area (Å²) in [4.78, 5) is 24.5. The number of likely N-dealkylation sites (tertiary alicyclic amines) is 1. The van der Waals surface area contributed by atoms with Gasteiger partial charge in [0.05, 0.1) is 0 Å². The fraction of sp³-hybridized carbons (Fsp3) is 0.583. The number of nitriles is 1. The van der Waals surface area contributed by atoms with Crippen molar-refractivity contribution in [2.45, 2.75) is 12.8 Å². The number of carbonyl (C=O) groups is 2. The number of halogens is 1. The van der Waals surface area contributed by atoms with E-state index in [2.05, 4.69) is 5.32 Å². The van der Waals surface area contributed by atoms with Crippen LogP contribution in [-0.2, 0) is 9.59 Å². The van der Waals surface area contributed by atoms with Crippen LogP contribution in [0.5, 0.6) is 0 Å². The van der Waals surface area contributed by atoms with Gasteiger partial charge in [-0.15, -0.1) is 11.6 Å². The third-order valence-electron chi connectivity index (χ3n) is 2.99. The zero-order chi connectivity index (χ0) is 14.3. The largest absolute Gasteiger partial charge is 0.376 e. The lowest BCUT2D eigenvalue weighted by atomic mass is 9.96. The van der Waals surface area contributed by atoms with Crippen molar-refractivity contribution in [1.82, 2.24) is 10.2 Å². The first-order chi connectivity index (χ1) is 9.08. The number of nitrogens with zero attached hydrogens (tertiary/aromatic N) is 2. The predicted octanol–water partition coefficient (Wildman–Crippen LogP) is -0.0538. The molecule has 0 aromatic heterocycles. The fourth-order valence-corrected chi connectivity index (χ4v) is 1.98. The molecule has 1 saturated heterocycles. The lowest BCUT2D eigenvalue weighted by Gasteiger charge is -2.29. The van der Waals surface area contributed by atoms with Crippen LogP contribution in [0.4, 0.5) is 0 Å². The normalized spacial score (nSPS) is 16.8. The Morgan fingerprint density at radius 2 is 2.11 bits per heavy atom. The molecule has 104 valence electrons. The molecule has 0 saturated carbocycles. The topological polar surface area (TPSA) is 99.2 Å². The molecule has 1 fully saturated rings. The van der Waals surface area contributed by atoms with E-state index in [1.54, 1.807) is 0 Å². The summed E-state index contributed by atoms with van der Waals surface area (Å²) in [5.41, 5.74) is 5.29. The number of carbonyl (C=O) groups excluding carboxylic acids is 2. The van der Waals surface area contributed by atoms with Gasteiger partial charge >= 0.3 is 0 Å². The van der Waals surface area contributed by atoms with Gasteiger partial charge < -0.3 is 16.0 Å². The van der Waals surface area contributed by atoms with E-state index in [4.69, 9.17) is 22.6 Å². The Bertz CT molecular complexity index is 408. The molecule has 0 unspecified atom stereocenters. The average Bonchev–Trinajstić information content (AvgIpc) is 2.42. The van der Waals surface area contributed by atoms with E-state index in [-0.39, 0.29) is 17.4 Å². The van der Waals surface area contributed by atoms with Crippen molar-refractivity contribution in [3.05, 3.63) is 11.8 Å². The van der Waals surface area contributed by atoms with Crippen LogP contribution < -0.4 is 11.1 Å². The Morgan fingerprint density at radius 1 is 1.47 bits per heavy atom. The van der Waals surface area contributed by atoms with Gasteiger partial charge in [-0.1, -0.05) is 0 Å². The van der Waals surface area contributed by atoms with Crippen molar-refractivity contribution >= 4 is 23.4 Å². The summed E-state index contributed by atoms with van der Waals surface area (Å²) >= 11 is 5.46. The number of rotatable bonds is 5. The highest BCUT2D eigenvalue weighted by Crippen LogP contribution is 2.17. The molecule has 3 N–H and O–H groups in total. The van der Waals surface area contributed by atoms with E-state index < -0.39 is 5.91 Å². The molecule has 19 heavy (non-hydrogen) atoms. The summed E-state index contributed by atoms with van der Waals surface area (Å²) in [6, 6.07) is 1.86. The Morgan fingerprint density at radius 3 is 2.58 bits per heavy atom. The first-order valence-corrected chi connectivity index (χ1v) is 6.61. The zero-order valence-corrected chi connectivity index (χ0v) is 11.3. The number of alkyl halides is 1. The average molecular weight is 285 g/mol. The molecule has 6 nitrogen and oxygen atoms in total. The second-order valence-electron chi connectivity index (χ2n) is 4.31. The van der Waals surface area contributed by atoms with E-state index in [1.807, 2.05) is 11.0 Å². The minimum Gasteiger partial charge on any atom is -0.376 e. The molecule has 7 heteroatoms. The number of amides is 2. The second kappa shape index (κ2) is 7.64. The highest BCUT2D eigenvalue weighted by Gasteiger charge is 2.22. The summed E-state index contributed by atoms with van der Waals surface area (Å²) in [5, 5.41) is 11.5. The highest BCUT2D eigenvalue weighted by molar-refractivity contribution is 6.18. The fourth-order valence-electron chi connectivity index (χ4n) is 1.89. The molecule has 0 atom stereocenters. The van der Waals surface area contributed by atoms with Crippen LogP contribution in [0.1, 0.15) is 12.8 Å². The van der Waals surface area contributed by atoms with Gasteiger partial charge in [-0.25, -0.2) is 0 Å². The van der Waals surface area contributed by atoms with Gasteiger partial charge in [0.2, 0.25) is 5.91 Å². The van der Waals surface area contributed by atoms with Gasteiger partial charge in [0, 0.05) is 37.6 Å². The Hall–Kier alpha value is -1.74. The first kappa shape index (κ1) is 15.3. The van der Waals surface area contributed by atoms with Gasteiger partial charge in [0.15, 0.2) is 0 Å². The predicted molar refractivity (Wildman–Crippen MR) is 70.9 cm³/mol. The molecule has 0 aromatic carbocycles. The summed E-state index contributed by atoms with van der Waals surface area (Å²) < 4.78 is 0. The van der Waals surface area contributed by atoms with Crippen molar-refractivity contribution in [1.29, 1.82) is 5.26 Å². The maximum atomic E-state index is 11.6. The van der Waals surface area contributed by atoms with E-state index in [0.29, 0.717) is 38.4 Å². The molecule has 1 aliphatic heterocycles. The summed E-state index contributed by atoms with van der Waals surface area (Å²) in [7, 11) is 0. The van der Waals surface area contributed by atoms with E-state index in [9.17, 15) is 9.59 Å². The van der Waals surface area contributed by atoms with Crippen LogP contribution in [0.2, 0.25) is 0 Å². The SMILES string of the molecule is N#C/C(=C/N1CCC(C(N)=O)CC1)C(=O)NCCCl. The van der Waals surface area contributed by atoms with Crippen molar-refractivity contribution < 1.29 is 9.59 Å². The molecular formula is C12H17ClN4O2. The van der Waals surface area contributed by atoms with Gasteiger partial charge in [-0.05, 0) is 12.8 Å². The number of primary amides is 1. The van der Waals surface area contributed by atoms with Gasteiger partial charge in [0.1, 0.15) is 11.6 Å². The lowest BCUT2D eigenvalue weighted by Crippen LogP contribution is -2.36. The monoisotopic (exact) mass is 284 g/mol. The van der Waals surface area contributed by atoms with Crippen molar-refractivity contribution in [3.63, 3.8) is 0 Å². The molecule has 1 aliphatic rings. The zero-order valence-electron chi connectivity index (χ0n) is 10.6. The van der Waals surface area contributed by atoms with Crippen molar-refractivity contribution in [3.8, 4) is 6.07 Å². The van der Waals surface area contributed by atoms with Gasteiger partial charge in [-0.3, -0.25) is 9.59 Å². The van der Waals surface area contributed by atoms with Crippen LogP contribution in [0, 0.1) is 17.2 Å². The minimum absolute atomic E-state index is 0.0441. The molecule has 0 bridgehead atoms. The van der Waals surface area contributed by atoms with Gasteiger partial charge in [-0.2, -0.15) is 5.26 Å². The molecular weight excluding hydrogens is 268 g/mol. The highest BCUT2D eigenvalue weighted by atomic mass is 35.5. The van der Waals surface area contributed by atoms with Crippen LogP contribution >= 0.6 is 11.6 Å². The Labute approximate surface area is 117 Å². The van der Waals surface area contributed by atoms with Crippen LogP contribution in [0.15, 0.2) is 11.8 Å².